The van der Waals surface area contributed by atoms with Crippen molar-refractivity contribution in [2.24, 2.45) is 5.73 Å². The summed E-state index contributed by atoms with van der Waals surface area (Å²) in [7, 11) is 1.84. The molecule has 0 amide bonds. The first-order chi connectivity index (χ1) is 6.31. The molecule has 0 saturated carbocycles. The predicted molar refractivity (Wildman–Crippen MR) is 52.1 cm³/mol. The minimum Gasteiger partial charge on any atom is -0.312 e. The van der Waals surface area contributed by atoms with Gasteiger partial charge in [0.1, 0.15) is 0 Å². The number of hydrogen-bond donors (Lipinski definition) is 3. The smallest absolute Gasteiger partial charge is 0.0808 e. The van der Waals surface area contributed by atoms with E-state index in [0.717, 1.165) is 16.5 Å². The van der Waals surface area contributed by atoms with Crippen LogP contribution in [0.25, 0.3) is 10.9 Å². The van der Waals surface area contributed by atoms with Crippen LogP contribution in [0.1, 0.15) is 11.7 Å². The van der Waals surface area contributed by atoms with Gasteiger partial charge in [0.25, 0.3) is 0 Å². The van der Waals surface area contributed by atoms with E-state index in [-0.39, 0.29) is 6.17 Å². The molecule has 13 heavy (non-hydrogen) atoms. The van der Waals surface area contributed by atoms with Crippen molar-refractivity contribution in [2.75, 3.05) is 7.05 Å². The van der Waals surface area contributed by atoms with Crippen molar-refractivity contribution >= 4 is 10.9 Å². The Morgan fingerprint density at radius 1 is 1.54 bits per heavy atom. The topological polar surface area (TPSA) is 66.7 Å². The lowest BCUT2D eigenvalue weighted by Crippen LogP contribution is -2.24. The first-order valence-electron chi connectivity index (χ1n) is 4.17. The summed E-state index contributed by atoms with van der Waals surface area (Å²) in [4.78, 5) is 0. The molecular weight excluding hydrogens is 164 g/mol. The average Bonchev–Trinajstić information content (AvgIpc) is 2.63. The van der Waals surface area contributed by atoms with E-state index in [9.17, 15) is 0 Å². The Morgan fingerprint density at radius 2 is 2.38 bits per heavy atom. The maximum Gasteiger partial charge on any atom is 0.0808 e. The molecule has 0 radical (unpaired) electrons. The molecule has 0 aliphatic carbocycles. The summed E-state index contributed by atoms with van der Waals surface area (Å²) < 4.78 is 0. The molecule has 68 valence electrons. The van der Waals surface area contributed by atoms with Gasteiger partial charge in [-0.2, -0.15) is 5.10 Å². The second-order valence-electron chi connectivity index (χ2n) is 2.98. The van der Waals surface area contributed by atoms with Gasteiger partial charge in [0, 0.05) is 5.39 Å². The van der Waals surface area contributed by atoms with E-state index in [1.54, 1.807) is 6.20 Å². The third-order valence-electron chi connectivity index (χ3n) is 2.14. The fraction of sp³-hybridized carbons (Fsp3) is 0.222. The molecule has 1 unspecified atom stereocenters. The lowest BCUT2D eigenvalue weighted by atomic mass is 10.1. The van der Waals surface area contributed by atoms with Crippen molar-refractivity contribution in [3.05, 3.63) is 30.0 Å². The third kappa shape index (κ3) is 1.41. The molecule has 1 aromatic carbocycles. The van der Waals surface area contributed by atoms with Crippen LogP contribution in [-0.4, -0.2) is 17.2 Å². The Balaban J connectivity index is 2.48. The van der Waals surface area contributed by atoms with E-state index in [1.807, 2.05) is 25.2 Å². The van der Waals surface area contributed by atoms with Gasteiger partial charge in [0.15, 0.2) is 0 Å². The molecule has 4 heteroatoms. The number of nitrogens with zero attached hydrogens (tertiary/aromatic N) is 1. The number of aromatic nitrogens is 2. The Kier molecular flexibility index (Phi) is 2.00. The number of rotatable bonds is 2. The molecule has 0 aliphatic rings. The summed E-state index contributed by atoms with van der Waals surface area (Å²) >= 11 is 0. The van der Waals surface area contributed by atoms with Crippen LogP contribution in [0.15, 0.2) is 24.4 Å². The quantitative estimate of drug-likeness (QED) is 0.591. The highest BCUT2D eigenvalue weighted by atomic mass is 15.1. The zero-order valence-electron chi connectivity index (χ0n) is 7.41. The van der Waals surface area contributed by atoms with E-state index in [4.69, 9.17) is 5.73 Å². The summed E-state index contributed by atoms with van der Waals surface area (Å²) in [6, 6.07) is 6.01. The fourth-order valence-electron chi connectivity index (χ4n) is 1.31. The Labute approximate surface area is 76.1 Å². The van der Waals surface area contributed by atoms with Crippen LogP contribution in [0.4, 0.5) is 0 Å². The van der Waals surface area contributed by atoms with Crippen molar-refractivity contribution in [2.45, 2.75) is 6.17 Å². The molecule has 0 saturated heterocycles. The first kappa shape index (κ1) is 8.22. The number of H-pyrrole nitrogens is 1. The predicted octanol–water partition coefficient (Wildman–Crippen LogP) is 0.740. The number of hydrogen-bond acceptors (Lipinski definition) is 3. The van der Waals surface area contributed by atoms with E-state index < -0.39 is 0 Å². The Bertz CT molecular complexity index is 407. The number of benzene rings is 1. The standard InChI is InChI=1S/C9H12N4/c1-11-9(10)6-2-3-7-5-12-13-8(7)4-6/h2-5,9,11H,10H2,1H3,(H,12,13). The highest BCUT2D eigenvalue weighted by Gasteiger charge is 2.03. The second-order valence-corrected chi connectivity index (χ2v) is 2.98. The number of fused-ring (bicyclic) bond motifs is 1. The summed E-state index contributed by atoms with van der Waals surface area (Å²) in [5.41, 5.74) is 7.88. The van der Waals surface area contributed by atoms with Gasteiger partial charge in [-0.25, -0.2) is 0 Å². The molecule has 0 fully saturated rings. The monoisotopic (exact) mass is 176 g/mol. The molecule has 1 aromatic heterocycles. The van der Waals surface area contributed by atoms with Gasteiger partial charge in [-0.1, -0.05) is 12.1 Å². The van der Waals surface area contributed by atoms with Crippen LogP contribution in [0, 0.1) is 0 Å². The summed E-state index contributed by atoms with van der Waals surface area (Å²) in [6.07, 6.45) is 1.68. The van der Waals surface area contributed by atoms with E-state index >= 15 is 0 Å². The minimum absolute atomic E-state index is 0.118. The van der Waals surface area contributed by atoms with Crippen molar-refractivity contribution in [1.82, 2.24) is 15.5 Å². The van der Waals surface area contributed by atoms with Crippen molar-refractivity contribution in [3.63, 3.8) is 0 Å². The molecule has 4 N–H and O–H groups in total. The zero-order valence-corrected chi connectivity index (χ0v) is 7.41. The average molecular weight is 176 g/mol. The van der Waals surface area contributed by atoms with Crippen LogP contribution in [0.3, 0.4) is 0 Å². The zero-order chi connectivity index (χ0) is 9.26. The van der Waals surface area contributed by atoms with Gasteiger partial charge in [-0.3, -0.25) is 5.10 Å². The van der Waals surface area contributed by atoms with E-state index in [0.29, 0.717) is 0 Å². The highest BCUT2D eigenvalue weighted by Crippen LogP contribution is 2.15. The number of nitrogens with two attached hydrogens (primary N) is 1. The van der Waals surface area contributed by atoms with Crippen LogP contribution < -0.4 is 11.1 Å². The Morgan fingerprint density at radius 3 is 3.15 bits per heavy atom. The minimum atomic E-state index is -0.118. The maximum atomic E-state index is 5.81. The summed E-state index contributed by atoms with van der Waals surface area (Å²) in [5.74, 6) is 0. The van der Waals surface area contributed by atoms with E-state index in [2.05, 4.69) is 15.5 Å². The van der Waals surface area contributed by atoms with Crippen LogP contribution in [0.5, 0.6) is 0 Å². The molecule has 2 aromatic rings. The summed E-state index contributed by atoms with van der Waals surface area (Å²) in [5, 5.41) is 10.9. The Hall–Kier alpha value is -1.39. The molecule has 2 rings (SSSR count). The van der Waals surface area contributed by atoms with Crippen molar-refractivity contribution < 1.29 is 0 Å². The van der Waals surface area contributed by atoms with Gasteiger partial charge in [-0.15, -0.1) is 0 Å². The van der Waals surface area contributed by atoms with Gasteiger partial charge >= 0.3 is 0 Å². The lowest BCUT2D eigenvalue weighted by molar-refractivity contribution is 0.623. The SMILES string of the molecule is CNC(N)c1ccc2cn[nH]c2c1. The molecule has 1 heterocycles. The fourth-order valence-corrected chi connectivity index (χ4v) is 1.31. The second kappa shape index (κ2) is 3.16. The molecule has 0 spiro atoms. The van der Waals surface area contributed by atoms with E-state index in [1.165, 1.54) is 0 Å². The third-order valence-corrected chi connectivity index (χ3v) is 2.14. The summed E-state index contributed by atoms with van der Waals surface area (Å²) in [6.45, 7) is 0. The van der Waals surface area contributed by atoms with Crippen LogP contribution in [-0.2, 0) is 0 Å². The molecule has 4 nitrogen and oxygen atoms in total. The first-order valence-corrected chi connectivity index (χ1v) is 4.17. The van der Waals surface area contributed by atoms with Crippen molar-refractivity contribution in [3.8, 4) is 0 Å². The normalized spacial score (nSPS) is 13.4. The molecule has 0 aliphatic heterocycles. The maximum absolute atomic E-state index is 5.81. The largest absolute Gasteiger partial charge is 0.312 e. The van der Waals surface area contributed by atoms with Gasteiger partial charge in [0.2, 0.25) is 0 Å². The lowest BCUT2D eigenvalue weighted by Gasteiger charge is -2.09. The molecule has 0 bridgehead atoms. The number of aromatic amines is 1. The molecular formula is C9H12N4. The van der Waals surface area contributed by atoms with Crippen LogP contribution in [0.2, 0.25) is 0 Å². The van der Waals surface area contributed by atoms with Gasteiger partial charge in [-0.05, 0) is 18.7 Å². The van der Waals surface area contributed by atoms with Crippen molar-refractivity contribution in [1.29, 1.82) is 0 Å². The van der Waals surface area contributed by atoms with Gasteiger partial charge in [0.05, 0.1) is 17.9 Å². The highest BCUT2D eigenvalue weighted by molar-refractivity contribution is 5.78. The van der Waals surface area contributed by atoms with Crippen LogP contribution >= 0.6 is 0 Å². The molecule has 1 atom stereocenters. The number of nitrogens with one attached hydrogen (secondary N) is 2. The van der Waals surface area contributed by atoms with Gasteiger partial charge < -0.3 is 11.1 Å².